The molecule has 5 atom stereocenters. The number of carbonyl (C=O) groups is 3. The van der Waals surface area contributed by atoms with Gasteiger partial charge in [0, 0.05) is 47.1 Å². The molecule has 2 fully saturated rings. The number of amides is 3. The molecule has 9 nitrogen and oxygen atoms in total. The molecule has 5 unspecified atom stereocenters. The van der Waals surface area contributed by atoms with Crippen molar-refractivity contribution in [3.8, 4) is 0 Å². The molecule has 10 heteroatoms. The summed E-state index contributed by atoms with van der Waals surface area (Å²) in [5.41, 5.74) is 4.69. The van der Waals surface area contributed by atoms with Crippen molar-refractivity contribution in [2.45, 2.75) is 85.2 Å². The highest BCUT2D eigenvalue weighted by Crippen LogP contribution is 2.63. The largest absolute Gasteiger partial charge is 0.396 e. The average Bonchev–Trinajstić information content (AvgIpc) is 3.24. The number of primary amides is 1. The van der Waals surface area contributed by atoms with E-state index in [0.29, 0.717) is 43.9 Å². The van der Waals surface area contributed by atoms with Crippen LogP contribution in [0.5, 0.6) is 0 Å². The van der Waals surface area contributed by atoms with Crippen LogP contribution in [0.15, 0.2) is 0 Å². The van der Waals surface area contributed by atoms with Crippen molar-refractivity contribution in [2.24, 2.45) is 33.8 Å². The Morgan fingerprint density at radius 1 is 1.19 bits per heavy atom. The smallest absolute Gasteiger partial charge is 0.231 e. The number of nitrogens with two attached hydrogens (primary N) is 1. The number of fused-ring (bicyclic) bond motifs is 2. The summed E-state index contributed by atoms with van der Waals surface area (Å²) in [7, 11) is 0. The van der Waals surface area contributed by atoms with Gasteiger partial charge in [-0.2, -0.15) is 0 Å². The zero-order valence-corrected chi connectivity index (χ0v) is 23.5. The van der Waals surface area contributed by atoms with Gasteiger partial charge in [0.15, 0.2) is 5.13 Å². The number of hydrogen-bond donors (Lipinski definition) is 4. The Labute approximate surface area is 223 Å². The van der Waals surface area contributed by atoms with E-state index in [1.165, 1.54) is 11.3 Å². The molecule has 1 saturated carbocycles. The van der Waals surface area contributed by atoms with Gasteiger partial charge in [0.1, 0.15) is 0 Å². The highest BCUT2D eigenvalue weighted by Gasteiger charge is 2.59. The maximum Gasteiger partial charge on any atom is 0.231 e. The number of piperidine rings is 1. The number of likely N-dealkylation sites (tertiary alicyclic amines) is 1. The molecular weight excluding hydrogens is 492 g/mol. The first-order chi connectivity index (χ1) is 17.2. The van der Waals surface area contributed by atoms with Gasteiger partial charge in [-0.15, -0.1) is 11.3 Å². The van der Waals surface area contributed by atoms with Crippen LogP contribution in [0.4, 0.5) is 5.13 Å². The lowest BCUT2D eigenvalue weighted by Crippen LogP contribution is -2.58. The van der Waals surface area contributed by atoms with E-state index in [-0.39, 0.29) is 53.9 Å². The van der Waals surface area contributed by atoms with Gasteiger partial charge in [-0.25, -0.2) is 4.98 Å². The molecule has 4 rings (SSSR count). The molecule has 0 spiro atoms. The van der Waals surface area contributed by atoms with E-state index in [0.717, 1.165) is 17.0 Å². The van der Waals surface area contributed by atoms with Gasteiger partial charge in [-0.1, -0.05) is 34.6 Å². The fourth-order valence-corrected chi connectivity index (χ4v) is 7.76. The quantitative estimate of drug-likeness (QED) is 0.457. The normalized spacial score (nSPS) is 32.4. The minimum Gasteiger partial charge on any atom is -0.396 e. The van der Waals surface area contributed by atoms with Crippen molar-refractivity contribution in [3.05, 3.63) is 10.6 Å². The zero-order valence-electron chi connectivity index (χ0n) is 22.7. The third-order valence-corrected chi connectivity index (χ3v) is 10.4. The summed E-state index contributed by atoms with van der Waals surface area (Å²) in [6.07, 6.45) is 2.68. The monoisotopic (exact) mass is 534 g/mol. The van der Waals surface area contributed by atoms with Crippen LogP contribution in [0.25, 0.3) is 0 Å². The first-order valence-corrected chi connectivity index (χ1v) is 14.2. The van der Waals surface area contributed by atoms with E-state index in [1.807, 2.05) is 32.6 Å². The predicted molar refractivity (Wildman–Crippen MR) is 142 cm³/mol. The van der Waals surface area contributed by atoms with Crippen LogP contribution in [0.3, 0.4) is 0 Å². The van der Waals surface area contributed by atoms with Gasteiger partial charge < -0.3 is 26.2 Å². The fraction of sp³-hybridized carbons (Fsp3) is 0.778. The second-order valence-electron chi connectivity index (χ2n) is 12.8. The van der Waals surface area contributed by atoms with E-state index >= 15 is 0 Å². The van der Waals surface area contributed by atoms with Crippen LogP contribution in [0.1, 0.15) is 83.2 Å². The molecule has 2 aliphatic carbocycles. The molecule has 3 amide bonds. The highest BCUT2D eigenvalue weighted by atomic mass is 32.1. The van der Waals surface area contributed by atoms with Gasteiger partial charge in [-0.05, 0) is 43.4 Å². The molecule has 1 aliphatic heterocycles. The van der Waals surface area contributed by atoms with Crippen molar-refractivity contribution in [1.29, 1.82) is 0 Å². The summed E-state index contributed by atoms with van der Waals surface area (Å²) in [5, 5.41) is 24.9. The van der Waals surface area contributed by atoms with E-state index < -0.39 is 16.9 Å². The molecule has 5 N–H and O–H groups in total. The lowest BCUT2D eigenvalue weighted by Gasteiger charge is -2.58. The third kappa shape index (κ3) is 5.04. The summed E-state index contributed by atoms with van der Waals surface area (Å²) in [4.78, 5) is 45.6. The number of hydrogen-bond acceptors (Lipinski definition) is 7. The third-order valence-electron chi connectivity index (χ3n) is 9.42. The van der Waals surface area contributed by atoms with E-state index in [9.17, 15) is 24.6 Å². The van der Waals surface area contributed by atoms with Crippen molar-refractivity contribution >= 4 is 34.2 Å². The molecule has 1 aromatic rings. The van der Waals surface area contributed by atoms with E-state index in [1.54, 1.807) is 0 Å². The second kappa shape index (κ2) is 9.93. The minimum atomic E-state index is -0.704. The number of thiazole rings is 1. The molecule has 0 radical (unpaired) electrons. The molecule has 206 valence electrons. The number of anilines is 1. The van der Waals surface area contributed by atoms with Gasteiger partial charge >= 0.3 is 0 Å². The van der Waals surface area contributed by atoms with Crippen LogP contribution in [0.2, 0.25) is 0 Å². The molecule has 0 bridgehead atoms. The van der Waals surface area contributed by atoms with Gasteiger partial charge in [0.2, 0.25) is 17.7 Å². The van der Waals surface area contributed by atoms with Crippen LogP contribution < -0.4 is 11.1 Å². The zero-order chi connectivity index (χ0) is 27.3. The number of aromatic nitrogens is 1. The molecular formula is C27H42N4O5S. The van der Waals surface area contributed by atoms with E-state index in [2.05, 4.69) is 12.2 Å². The maximum absolute atomic E-state index is 13.6. The number of nitrogens with one attached hydrogen (secondary N) is 1. The molecule has 1 saturated heterocycles. The van der Waals surface area contributed by atoms with Crippen LogP contribution in [-0.2, 0) is 20.8 Å². The van der Waals surface area contributed by atoms with E-state index in [4.69, 9.17) is 10.7 Å². The Morgan fingerprint density at radius 2 is 1.84 bits per heavy atom. The average molecular weight is 535 g/mol. The molecule has 1 aromatic heterocycles. The predicted octanol–water partition coefficient (Wildman–Crippen LogP) is 2.66. The van der Waals surface area contributed by atoms with Gasteiger partial charge in [-0.3, -0.25) is 14.4 Å². The minimum absolute atomic E-state index is 0.0193. The standard InChI is InChI=1S/C27H42N4O5S/c1-25(2,3)23(36)30-24-29-21-16(12-20(34)31-10-7-15(8-11-31)22(28)35)26(4)9-6-19(33)27(5,14-32)18(26)13-17(21)37-24/h15-16,18-19,32-33H,6-14H2,1-5H3,(H2,28,35)(H,29,30,36). The fourth-order valence-electron chi connectivity index (χ4n) is 6.70. The molecule has 3 aliphatic rings. The maximum atomic E-state index is 13.6. The summed E-state index contributed by atoms with van der Waals surface area (Å²) in [6.45, 7) is 10.5. The summed E-state index contributed by atoms with van der Waals surface area (Å²) in [5.74, 6) is -0.863. The SMILES string of the molecule is CC(C)(C)C(=O)Nc1nc2c(s1)CC1C(C)(CO)C(O)CCC1(C)C2CC(=O)N1CCC(C(N)=O)CC1. The van der Waals surface area contributed by atoms with Crippen LogP contribution in [0, 0.1) is 28.1 Å². The van der Waals surface area contributed by atoms with Crippen molar-refractivity contribution < 1.29 is 24.6 Å². The lowest BCUT2D eigenvalue weighted by atomic mass is 9.47. The van der Waals surface area contributed by atoms with Gasteiger partial charge in [0.25, 0.3) is 0 Å². The second-order valence-corrected chi connectivity index (χ2v) is 13.9. The van der Waals surface area contributed by atoms with Crippen LogP contribution in [-0.4, -0.2) is 63.6 Å². The Morgan fingerprint density at radius 3 is 2.41 bits per heavy atom. The molecule has 37 heavy (non-hydrogen) atoms. The lowest BCUT2D eigenvalue weighted by molar-refractivity contribution is -0.148. The Kier molecular flexibility index (Phi) is 7.51. The van der Waals surface area contributed by atoms with Crippen molar-refractivity contribution in [3.63, 3.8) is 0 Å². The Hall–Kier alpha value is -2.04. The summed E-state index contributed by atoms with van der Waals surface area (Å²) < 4.78 is 0. The first kappa shape index (κ1) is 28.0. The van der Waals surface area contributed by atoms with Crippen molar-refractivity contribution in [2.75, 3.05) is 25.0 Å². The first-order valence-electron chi connectivity index (χ1n) is 13.4. The van der Waals surface area contributed by atoms with Gasteiger partial charge in [0.05, 0.1) is 18.4 Å². The number of aliphatic hydroxyl groups is 2. The molecule has 2 heterocycles. The number of carbonyl (C=O) groups excluding carboxylic acids is 3. The topological polar surface area (TPSA) is 146 Å². The molecule has 0 aromatic carbocycles. The van der Waals surface area contributed by atoms with Crippen molar-refractivity contribution in [1.82, 2.24) is 9.88 Å². The Bertz CT molecular complexity index is 1060. The number of aliphatic hydroxyl groups excluding tert-OH is 2. The summed E-state index contributed by atoms with van der Waals surface area (Å²) >= 11 is 1.43. The number of nitrogens with zero attached hydrogens (tertiary/aromatic N) is 2. The summed E-state index contributed by atoms with van der Waals surface area (Å²) in [6, 6.07) is 0. The highest BCUT2D eigenvalue weighted by molar-refractivity contribution is 7.15. The number of rotatable bonds is 5. The van der Waals surface area contributed by atoms with Crippen LogP contribution >= 0.6 is 11.3 Å². The Balaban J connectivity index is 1.67.